The third-order valence-electron chi connectivity index (χ3n) is 2.25. The number of rotatable bonds is 3. The molecule has 1 rings (SSSR count). The Bertz CT molecular complexity index is 200. The molecule has 5 nitrogen and oxygen atoms in total. The van der Waals surface area contributed by atoms with Crippen molar-refractivity contribution in [3.63, 3.8) is 0 Å². The lowest BCUT2D eigenvalue weighted by Gasteiger charge is -2.28. The maximum atomic E-state index is 11.5. The third-order valence-corrected chi connectivity index (χ3v) is 2.25. The first kappa shape index (κ1) is 10.1. The van der Waals surface area contributed by atoms with Gasteiger partial charge in [0.2, 0.25) is 0 Å². The molecule has 1 aliphatic heterocycles. The average molecular weight is 186 g/mol. The summed E-state index contributed by atoms with van der Waals surface area (Å²) in [6.07, 6.45) is 0.782. The molecule has 74 valence electrons. The molecule has 0 unspecified atom stereocenters. The second-order valence-corrected chi connectivity index (χ2v) is 3.09. The van der Waals surface area contributed by atoms with E-state index in [2.05, 4.69) is 10.5 Å². The summed E-state index contributed by atoms with van der Waals surface area (Å²) in [6, 6.07) is 0. The van der Waals surface area contributed by atoms with Crippen LogP contribution in [-0.4, -0.2) is 31.2 Å². The predicted molar refractivity (Wildman–Crippen MR) is 47.3 cm³/mol. The van der Waals surface area contributed by atoms with E-state index in [9.17, 15) is 9.70 Å². The zero-order chi connectivity index (χ0) is 9.73. The molecule has 0 aromatic rings. The van der Waals surface area contributed by atoms with Crippen LogP contribution in [0.15, 0.2) is 5.18 Å². The molecule has 0 spiro atoms. The van der Waals surface area contributed by atoms with Gasteiger partial charge in [0, 0.05) is 32.6 Å². The molecule has 0 bridgehead atoms. The highest BCUT2D eigenvalue weighted by atomic mass is 16.5. The maximum absolute atomic E-state index is 11.5. The molecule has 1 N–H and O–H groups in total. The van der Waals surface area contributed by atoms with E-state index in [0.29, 0.717) is 32.6 Å². The Hall–Kier alpha value is -0.970. The van der Waals surface area contributed by atoms with Crippen molar-refractivity contribution in [1.29, 1.82) is 0 Å². The summed E-state index contributed by atoms with van der Waals surface area (Å²) in [5.41, 5.74) is -1.08. The van der Waals surface area contributed by atoms with Gasteiger partial charge in [-0.3, -0.25) is 4.79 Å². The Balaban J connectivity index is 2.66. The second kappa shape index (κ2) is 4.32. The number of nitrogens with one attached hydrogen (secondary N) is 1. The summed E-state index contributed by atoms with van der Waals surface area (Å²) in [4.78, 5) is 22.1. The summed E-state index contributed by atoms with van der Waals surface area (Å²) in [5, 5.41) is 5.57. The van der Waals surface area contributed by atoms with Crippen LogP contribution < -0.4 is 5.32 Å². The minimum Gasteiger partial charge on any atom is -0.381 e. The number of nitrogens with zero attached hydrogens (tertiary/aromatic N) is 1. The number of nitroso groups, excluding NO2 is 1. The van der Waals surface area contributed by atoms with Gasteiger partial charge in [-0.25, -0.2) is 0 Å². The van der Waals surface area contributed by atoms with Crippen LogP contribution in [0.25, 0.3) is 0 Å². The molecule has 1 fully saturated rings. The van der Waals surface area contributed by atoms with E-state index in [4.69, 9.17) is 4.74 Å². The van der Waals surface area contributed by atoms with E-state index in [0.717, 1.165) is 0 Å². The summed E-state index contributed by atoms with van der Waals surface area (Å²) in [6.45, 7) is 3.21. The summed E-state index contributed by atoms with van der Waals surface area (Å²) >= 11 is 0. The van der Waals surface area contributed by atoms with Gasteiger partial charge in [0.25, 0.3) is 5.91 Å². The van der Waals surface area contributed by atoms with Crippen LogP contribution in [0.2, 0.25) is 0 Å². The first-order valence-electron chi connectivity index (χ1n) is 4.46. The van der Waals surface area contributed by atoms with Gasteiger partial charge in [-0.2, -0.15) is 0 Å². The molecule has 0 aromatic carbocycles. The first-order valence-corrected chi connectivity index (χ1v) is 4.46. The smallest absolute Gasteiger partial charge is 0.251 e. The SMILES string of the molecule is CCNC(=O)C1(N=O)CCOCC1. The lowest BCUT2D eigenvalue weighted by Crippen LogP contribution is -2.48. The highest BCUT2D eigenvalue weighted by Gasteiger charge is 2.41. The molecule has 0 atom stereocenters. The fourth-order valence-corrected chi connectivity index (χ4v) is 1.39. The molecular weight excluding hydrogens is 172 g/mol. The Morgan fingerprint density at radius 2 is 2.15 bits per heavy atom. The summed E-state index contributed by atoms with van der Waals surface area (Å²) in [5.74, 6) is -0.270. The third kappa shape index (κ3) is 2.03. The Morgan fingerprint density at radius 1 is 1.54 bits per heavy atom. The minimum atomic E-state index is -1.08. The van der Waals surface area contributed by atoms with Crippen LogP contribution in [0.3, 0.4) is 0 Å². The van der Waals surface area contributed by atoms with Crippen LogP contribution in [0.1, 0.15) is 19.8 Å². The van der Waals surface area contributed by atoms with Crippen molar-refractivity contribution in [2.75, 3.05) is 19.8 Å². The van der Waals surface area contributed by atoms with Gasteiger partial charge in [0.1, 0.15) is 0 Å². The normalized spacial score (nSPS) is 20.7. The van der Waals surface area contributed by atoms with Crippen molar-refractivity contribution in [1.82, 2.24) is 5.32 Å². The maximum Gasteiger partial charge on any atom is 0.251 e. The second-order valence-electron chi connectivity index (χ2n) is 3.09. The van der Waals surface area contributed by atoms with Crippen molar-refractivity contribution in [2.45, 2.75) is 25.3 Å². The van der Waals surface area contributed by atoms with E-state index in [1.165, 1.54) is 0 Å². The first-order chi connectivity index (χ1) is 6.25. The molecule has 0 aromatic heterocycles. The van der Waals surface area contributed by atoms with E-state index in [1.54, 1.807) is 0 Å². The van der Waals surface area contributed by atoms with Gasteiger partial charge in [-0.15, -0.1) is 4.91 Å². The summed E-state index contributed by atoms with van der Waals surface area (Å²) in [7, 11) is 0. The van der Waals surface area contributed by atoms with E-state index < -0.39 is 5.54 Å². The zero-order valence-electron chi connectivity index (χ0n) is 7.71. The van der Waals surface area contributed by atoms with Crippen LogP contribution >= 0.6 is 0 Å². The van der Waals surface area contributed by atoms with E-state index in [-0.39, 0.29) is 5.91 Å². The number of carbonyl (C=O) groups is 1. The van der Waals surface area contributed by atoms with Gasteiger partial charge in [0.15, 0.2) is 5.54 Å². The van der Waals surface area contributed by atoms with Gasteiger partial charge in [0.05, 0.1) is 0 Å². The number of hydrogen-bond donors (Lipinski definition) is 1. The molecule has 0 radical (unpaired) electrons. The molecule has 1 amide bonds. The van der Waals surface area contributed by atoms with Gasteiger partial charge >= 0.3 is 0 Å². The molecular formula is C8H14N2O3. The number of carbonyl (C=O) groups excluding carboxylic acids is 1. The van der Waals surface area contributed by atoms with E-state index in [1.807, 2.05) is 6.92 Å². The molecule has 13 heavy (non-hydrogen) atoms. The number of ether oxygens (including phenoxy) is 1. The predicted octanol–water partition coefficient (Wildman–Crippen LogP) is 0.438. The molecule has 0 aliphatic carbocycles. The Kier molecular flexibility index (Phi) is 3.36. The number of likely N-dealkylation sites (N-methyl/N-ethyl adjacent to an activating group) is 1. The van der Waals surface area contributed by atoms with Gasteiger partial charge in [-0.05, 0) is 6.92 Å². The molecule has 5 heteroatoms. The molecule has 0 saturated carbocycles. The highest BCUT2D eigenvalue weighted by Crippen LogP contribution is 2.24. The average Bonchev–Trinajstić information content (AvgIpc) is 2.19. The van der Waals surface area contributed by atoms with Crippen LogP contribution in [0.4, 0.5) is 0 Å². The lowest BCUT2D eigenvalue weighted by atomic mass is 9.90. The fraction of sp³-hybridized carbons (Fsp3) is 0.875. The van der Waals surface area contributed by atoms with Gasteiger partial charge < -0.3 is 10.1 Å². The fourth-order valence-electron chi connectivity index (χ4n) is 1.39. The van der Waals surface area contributed by atoms with Crippen LogP contribution in [0.5, 0.6) is 0 Å². The number of hydrogen-bond acceptors (Lipinski definition) is 4. The standard InChI is InChI=1S/C8H14N2O3/c1-2-9-7(11)8(10-12)3-5-13-6-4-8/h2-6H2,1H3,(H,9,11). The molecule has 1 heterocycles. The zero-order valence-corrected chi connectivity index (χ0v) is 7.71. The summed E-state index contributed by atoms with van der Waals surface area (Å²) < 4.78 is 5.08. The monoisotopic (exact) mass is 186 g/mol. The van der Waals surface area contributed by atoms with Crippen molar-refractivity contribution in [2.24, 2.45) is 5.18 Å². The quantitative estimate of drug-likeness (QED) is 0.650. The van der Waals surface area contributed by atoms with Crippen LogP contribution in [0, 0.1) is 4.91 Å². The topological polar surface area (TPSA) is 67.8 Å². The van der Waals surface area contributed by atoms with Crippen molar-refractivity contribution in [3.8, 4) is 0 Å². The Morgan fingerprint density at radius 3 is 2.62 bits per heavy atom. The van der Waals surface area contributed by atoms with Crippen LogP contribution in [-0.2, 0) is 9.53 Å². The number of amides is 1. The van der Waals surface area contributed by atoms with Crippen molar-refractivity contribution in [3.05, 3.63) is 4.91 Å². The largest absolute Gasteiger partial charge is 0.381 e. The Labute approximate surface area is 76.8 Å². The van der Waals surface area contributed by atoms with E-state index >= 15 is 0 Å². The van der Waals surface area contributed by atoms with Crippen molar-refractivity contribution < 1.29 is 9.53 Å². The van der Waals surface area contributed by atoms with Crippen molar-refractivity contribution >= 4 is 5.91 Å². The molecule has 1 saturated heterocycles. The van der Waals surface area contributed by atoms with Gasteiger partial charge in [-0.1, -0.05) is 5.18 Å². The minimum absolute atomic E-state index is 0.270. The molecule has 1 aliphatic rings. The highest BCUT2D eigenvalue weighted by molar-refractivity contribution is 5.86. The lowest BCUT2D eigenvalue weighted by molar-refractivity contribution is -0.129.